The lowest BCUT2D eigenvalue weighted by molar-refractivity contribution is -0.0187. The van der Waals surface area contributed by atoms with Crippen LogP contribution in [0.2, 0.25) is 0 Å². The fraction of sp³-hybridized carbons (Fsp3) is 1.00. The predicted molar refractivity (Wildman–Crippen MR) is 77.9 cm³/mol. The monoisotopic (exact) mass is 305 g/mol. The molecular formula is C14H28BrNO. The van der Waals surface area contributed by atoms with E-state index in [2.05, 4.69) is 41.6 Å². The first-order chi connectivity index (χ1) is 8.03. The zero-order valence-electron chi connectivity index (χ0n) is 11.7. The van der Waals surface area contributed by atoms with E-state index in [0.717, 1.165) is 31.1 Å². The molecule has 0 aliphatic heterocycles. The van der Waals surface area contributed by atoms with Gasteiger partial charge in [-0.3, -0.25) is 4.90 Å². The van der Waals surface area contributed by atoms with Crippen LogP contribution in [0.3, 0.4) is 0 Å². The summed E-state index contributed by atoms with van der Waals surface area (Å²) in [5.74, 6) is 0. The van der Waals surface area contributed by atoms with Gasteiger partial charge in [0, 0.05) is 24.5 Å². The molecule has 0 aromatic heterocycles. The third-order valence-corrected chi connectivity index (χ3v) is 3.73. The highest BCUT2D eigenvalue weighted by molar-refractivity contribution is 9.09. The van der Waals surface area contributed by atoms with E-state index in [0.29, 0.717) is 0 Å². The van der Waals surface area contributed by atoms with Gasteiger partial charge in [-0.15, -0.1) is 0 Å². The lowest BCUT2D eigenvalue weighted by Crippen LogP contribution is -2.41. The minimum absolute atomic E-state index is 0.00730. The first-order valence-corrected chi connectivity index (χ1v) is 8.09. The van der Waals surface area contributed by atoms with Gasteiger partial charge in [0.05, 0.1) is 12.2 Å². The highest BCUT2D eigenvalue weighted by Gasteiger charge is 2.21. The fourth-order valence-corrected chi connectivity index (χ4v) is 2.96. The van der Waals surface area contributed by atoms with Crippen molar-refractivity contribution in [2.75, 3.05) is 25.0 Å². The summed E-state index contributed by atoms with van der Waals surface area (Å²) < 4.78 is 5.84. The molecule has 102 valence electrons. The fourth-order valence-electron chi connectivity index (χ4n) is 2.50. The van der Waals surface area contributed by atoms with Crippen LogP contribution in [0.1, 0.15) is 52.9 Å². The molecule has 1 aliphatic carbocycles. The quantitative estimate of drug-likeness (QED) is 0.692. The Balaban J connectivity index is 2.31. The van der Waals surface area contributed by atoms with Crippen molar-refractivity contribution in [2.24, 2.45) is 0 Å². The molecule has 1 saturated carbocycles. The summed E-state index contributed by atoms with van der Waals surface area (Å²) in [7, 11) is 0. The van der Waals surface area contributed by atoms with Gasteiger partial charge in [-0.05, 0) is 33.6 Å². The number of ether oxygens (including phenoxy) is 1. The molecule has 0 unspecified atom stereocenters. The molecule has 0 amide bonds. The molecule has 0 aromatic carbocycles. The van der Waals surface area contributed by atoms with Gasteiger partial charge in [0.2, 0.25) is 0 Å². The summed E-state index contributed by atoms with van der Waals surface area (Å²) in [6.07, 6.45) is 7.00. The molecule has 2 nitrogen and oxygen atoms in total. The molecule has 0 atom stereocenters. The van der Waals surface area contributed by atoms with Gasteiger partial charge in [0.25, 0.3) is 0 Å². The number of halogens is 1. The van der Waals surface area contributed by atoms with Gasteiger partial charge in [0.1, 0.15) is 0 Å². The van der Waals surface area contributed by atoms with Crippen molar-refractivity contribution in [1.29, 1.82) is 0 Å². The van der Waals surface area contributed by atoms with Crippen LogP contribution in [0.5, 0.6) is 0 Å². The molecule has 0 saturated heterocycles. The Morgan fingerprint density at radius 3 is 2.29 bits per heavy atom. The average Bonchev–Trinajstić information content (AvgIpc) is 2.27. The van der Waals surface area contributed by atoms with Crippen LogP contribution in [-0.2, 0) is 4.74 Å². The topological polar surface area (TPSA) is 12.5 Å². The smallest absolute Gasteiger partial charge is 0.0600 e. The van der Waals surface area contributed by atoms with Crippen molar-refractivity contribution in [3.8, 4) is 0 Å². The maximum absolute atomic E-state index is 5.84. The van der Waals surface area contributed by atoms with E-state index >= 15 is 0 Å². The minimum Gasteiger partial charge on any atom is -0.375 e. The number of hydrogen-bond donors (Lipinski definition) is 0. The van der Waals surface area contributed by atoms with Crippen molar-refractivity contribution in [3.05, 3.63) is 0 Å². The second-order valence-electron chi connectivity index (χ2n) is 5.98. The van der Waals surface area contributed by atoms with Gasteiger partial charge < -0.3 is 4.74 Å². The van der Waals surface area contributed by atoms with Crippen molar-refractivity contribution in [3.63, 3.8) is 0 Å². The van der Waals surface area contributed by atoms with Crippen LogP contribution < -0.4 is 0 Å². The Hall–Kier alpha value is 0.400. The van der Waals surface area contributed by atoms with Gasteiger partial charge in [-0.1, -0.05) is 35.2 Å². The molecule has 0 N–H and O–H groups in total. The maximum Gasteiger partial charge on any atom is 0.0600 e. The summed E-state index contributed by atoms with van der Waals surface area (Å²) in [4.78, 5) is 2.61. The number of nitrogens with zero attached hydrogens (tertiary/aromatic N) is 1. The molecule has 1 fully saturated rings. The molecular weight excluding hydrogens is 278 g/mol. The SMILES string of the molecule is CC(C)(C)OCCN(CCBr)C1CCCCC1. The van der Waals surface area contributed by atoms with E-state index in [4.69, 9.17) is 4.74 Å². The second-order valence-corrected chi connectivity index (χ2v) is 6.77. The number of alkyl halides is 1. The van der Waals surface area contributed by atoms with Crippen molar-refractivity contribution >= 4 is 15.9 Å². The van der Waals surface area contributed by atoms with Gasteiger partial charge in [0.15, 0.2) is 0 Å². The average molecular weight is 306 g/mol. The van der Waals surface area contributed by atoms with Crippen molar-refractivity contribution < 1.29 is 4.74 Å². The molecule has 3 heteroatoms. The summed E-state index contributed by atoms with van der Waals surface area (Å²) >= 11 is 3.57. The zero-order chi connectivity index (χ0) is 12.7. The lowest BCUT2D eigenvalue weighted by atomic mass is 9.94. The van der Waals surface area contributed by atoms with Crippen LogP contribution >= 0.6 is 15.9 Å². The van der Waals surface area contributed by atoms with E-state index in [9.17, 15) is 0 Å². The number of rotatable bonds is 6. The molecule has 0 aromatic rings. The van der Waals surface area contributed by atoms with E-state index in [-0.39, 0.29) is 5.60 Å². The molecule has 0 radical (unpaired) electrons. The summed E-state index contributed by atoms with van der Waals surface area (Å²) in [6, 6.07) is 0.796. The molecule has 17 heavy (non-hydrogen) atoms. The van der Waals surface area contributed by atoms with E-state index < -0.39 is 0 Å². The highest BCUT2D eigenvalue weighted by Crippen LogP contribution is 2.22. The Morgan fingerprint density at radius 1 is 1.12 bits per heavy atom. The van der Waals surface area contributed by atoms with Crippen molar-refractivity contribution in [2.45, 2.75) is 64.5 Å². The third-order valence-electron chi connectivity index (χ3n) is 3.38. The van der Waals surface area contributed by atoms with Crippen LogP contribution in [0.4, 0.5) is 0 Å². The molecule has 1 aliphatic rings. The Kier molecular flexibility index (Phi) is 7.05. The van der Waals surface area contributed by atoms with Gasteiger partial charge in [-0.2, -0.15) is 0 Å². The summed E-state index contributed by atoms with van der Waals surface area (Å²) in [5.41, 5.74) is -0.00730. The molecule has 0 spiro atoms. The lowest BCUT2D eigenvalue weighted by Gasteiger charge is -2.34. The number of hydrogen-bond acceptors (Lipinski definition) is 2. The van der Waals surface area contributed by atoms with Crippen LogP contribution in [0, 0.1) is 0 Å². The van der Waals surface area contributed by atoms with Crippen LogP contribution in [0.15, 0.2) is 0 Å². The predicted octanol–water partition coefficient (Wildman–Crippen LogP) is 3.83. The van der Waals surface area contributed by atoms with E-state index in [1.165, 1.54) is 32.1 Å². The van der Waals surface area contributed by atoms with Gasteiger partial charge >= 0.3 is 0 Å². The maximum atomic E-state index is 5.84. The molecule has 1 rings (SSSR count). The largest absolute Gasteiger partial charge is 0.375 e. The third kappa shape index (κ3) is 6.78. The molecule has 0 bridgehead atoms. The Bertz CT molecular complexity index is 197. The van der Waals surface area contributed by atoms with E-state index in [1.807, 2.05) is 0 Å². The van der Waals surface area contributed by atoms with Gasteiger partial charge in [-0.25, -0.2) is 0 Å². The minimum atomic E-state index is -0.00730. The van der Waals surface area contributed by atoms with Crippen LogP contribution in [0.25, 0.3) is 0 Å². The van der Waals surface area contributed by atoms with Crippen LogP contribution in [-0.4, -0.2) is 41.6 Å². The first kappa shape index (κ1) is 15.5. The van der Waals surface area contributed by atoms with Crippen molar-refractivity contribution in [1.82, 2.24) is 4.90 Å². The Morgan fingerprint density at radius 2 is 1.76 bits per heavy atom. The van der Waals surface area contributed by atoms with E-state index in [1.54, 1.807) is 0 Å². The highest BCUT2D eigenvalue weighted by atomic mass is 79.9. The molecule has 0 heterocycles. The standard InChI is InChI=1S/C14H28BrNO/c1-14(2,3)17-12-11-16(10-9-15)13-7-5-4-6-8-13/h13H,4-12H2,1-3H3. The summed E-state index contributed by atoms with van der Waals surface area (Å²) in [6.45, 7) is 9.46. The first-order valence-electron chi connectivity index (χ1n) is 6.97. The second kappa shape index (κ2) is 7.75. The Labute approximate surface area is 115 Å². The normalized spacial score (nSPS) is 18.9. The zero-order valence-corrected chi connectivity index (χ0v) is 13.3. The summed E-state index contributed by atoms with van der Waals surface area (Å²) in [5, 5.41) is 1.07.